The number of piperidine rings is 1. The number of aromatic nitrogens is 2. The van der Waals surface area contributed by atoms with Crippen molar-refractivity contribution in [1.82, 2.24) is 24.7 Å². The number of nitrogens with zero attached hydrogens (tertiary/aromatic N) is 4. The van der Waals surface area contributed by atoms with E-state index in [1.807, 2.05) is 12.1 Å². The molecule has 9 heteroatoms. The van der Waals surface area contributed by atoms with Crippen LogP contribution in [-0.2, 0) is 0 Å². The molecular formula is C23H31N7O2. The lowest BCUT2D eigenvalue weighted by Crippen LogP contribution is -2.48. The summed E-state index contributed by atoms with van der Waals surface area (Å²) in [6.45, 7) is 8.32. The van der Waals surface area contributed by atoms with Gasteiger partial charge in [0.2, 0.25) is 0 Å². The Morgan fingerprint density at radius 3 is 2.53 bits per heavy atom. The molecule has 2 aromatic rings. The third kappa shape index (κ3) is 4.28. The predicted octanol–water partition coefficient (Wildman–Crippen LogP) is 0.662. The number of carbonyl (C=O) groups is 1. The number of urea groups is 1. The van der Waals surface area contributed by atoms with Gasteiger partial charge in [0.1, 0.15) is 5.82 Å². The molecule has 9 nitrogen and oxygen atoms in total. The number of nitrogens with two attached hydrogens (primary N) is 1. The summed E-state index contributed by atoms with van der Waals surface area (Å²) in [6.07, 6.45) is 1.65. The Morgan fingerprint density at radius 1 is 1.19 bits per heavy atom. The van der Waals surface area contributed by atoms with Crippen LogP contribution in [0.4, 0.5) is 10.6 Å². The highest BCUT2D eigenvalue weighted by Gasteiger charge is 2.53. The van der Waals surface area contributed by atoms with E-state index >= 15 is 0 Å². The molecule has 2 aliphatic heterocycles. The fraction of sp³-hybridized carbons (Fsp3) is 0.522. The highest BCUT2D eigenvalue weighted by molar-refractivity contribution is 5.88. The quantitative estimate of drug-likeness (QED) is 0.634. The predicted molar refractivity (Wildman–Crippen MR) is 123 cm³/mol. The van der Waals surface area contributed by atoms with Gasteiger partial charge in [0.15, 0.2) is 0 Å². The number of hydrogen-bond donors (Lipinski definition) is 3. The SMILES string of the molecule is CC(CN1C[C@@H]2[C@@H](N)[C@@H]2C1)c1ccc(-n2ccc(NC(=O)N3CCNCC3)nc2=O)cc1. The van der Waals surface area contributed by atoms with Gasteiger partial charge in [-0.05, 0) is 41.5 Å². The van der Waals surface area contributed by atoms with Crippen LogP contribution in [0, 0.1) is 11.8 Å². The summed E-state index contributed by atoms with van der Waals surface area (Å²) in [4.78, 5) is 33.2. The topological polar surface area (TPSA) is 109 Å². The first-order chi connectivity index (χ1) is 15.5. The number of piperazine rings is 1. The second-order valence-corrected chi connectivity index (χ2v) is 9.25. The standard InChI is InChI=1S/C23H31N7O2/c1-15(12-28-13-18-19(14-28)21(18)24)16-2-4-17(5-3-16)30-9-6-20(27-23(30)32)26-22(31)29-10-7-25-8-11-29/h2-6,9,15,18-19,21,25H,7-8,10-14,24H2,1H3,(H,26,27,31,32)/t15?,18-,19+,21+. The average Bonchev–Trinajstić information content (AvgIpc) is 3.19. The molecule has 1 aliphatic carbocycles. The van der Waals surface area contributed by atoms with E-state index in [1.165, 1.54) is 10.1 Å². The number of nitrogens with one attached hydrogen (secondary N) is 2. The second-order valence-electron chi connectivity index (χ2n) is 9.25. The van der Waals surface area contributed by atoms with E-state index in [0.717, 1.165) is 38.4 Å². The average molecular weight is 438 g/mol. The minimum absolute atomic E-state index is 0.230. The number of likely N-dealkylation sites (tertiary alicyclic amines) is 1. The van der Waals surface area contributed by atoms with Crippen LogP contribution in [0.3, 0.4) is 0 Å². The van der Waals surface area contributed by atoms with E-state index in [4.69, 9.17) is 5.73 Å². The van der Waals surface area contributed by atoms with Crippen molar-refractivity contribution in [2.45, 2.75) is 18.9 Å². The van der Waals surface area contributed by atoms with E-state index in [2.05, 4.69) is 39.6 Å². The van der Waals surface area contributed by atoms with Crippen LogP contribution in [0.2, 0.25) is 0 Å². The molecule has 1 saturated carbocycles. The first-order valence-corrected chi connectivity index (χ1v) is 11.4. The van der Waals surface area contributed by atoms with E-state index < -0.39 is 5.69 Å². The second kappa shape index (κ2) is 8.65. The summed E-state index contributed by atoms with van der Waals surface area (Å²) in [7, 11) is 0. The van der Waals surface area contributed by atoms with Crippen molar-refractivity contribution in [3.63, 3.8) is 0 Å². The third-order valence-electron chi connectivity index (χ3n) is 7.05. The summed E-state index contributed by atoms with van der Waals surface area (Å²) < 4.78 is 1.49. The number of hydrogen-bond acceptors (Lipinski definition) is 6. The third-order valence-corrected chi connectivity index (χ3v) is 7.05. The monoisotopic (exact) mass is 437 g/mol. The van der Waals surface area contributed by atoms with Crippen LogP contribution in [-0.4, -0.2) is 77.2 Å². The van der Waals surface area contributed by atoms with E-state index in [0.29, 0.717) is 36.9 Å². The maximum absolute atomic E-state index is 12.6. The van der Waals surface area contributed by atoms with Gasteiger partial charge in [-0.1, -0.05) is 19.1 Å². The van der Waals surface area contributed by atoms with Gasteiger partial charge in [0.25, 0.3) is 0 Å². The Hall–Kier alpha value is -2.75. The molecule has 3 heterocycles. The van der Waals surface area contributed by atoms with Crippen LogP contribution in [0.1, 0.15) is 18.4 Å². The maximum Gasteiger partial charge on any atom is 0.354 e. The van der Waals surface area contributed by atoms with Crippen LogP contribution in [0.15, 0.2) is 41.3 Å². The van der Waals surface area contributed by atoms with Crippen molar-refractivity contribution >= 4 is 11.8 Å². The highest BCUT2D eigenvalue weighted by atomic mass is 16.2. The smallest absolute Gasteiger partial charge is 0.327 e. The van der Waals surface area contributed by atoms with Gasteiger partial charge in [0.05, 0.1) is 5.69 Å². The summed E-state index contributed by atoms with van der Waals surface area (Å²) >= 11 is 0. The minimum Gasteiger partial charge on any atom is -0.327 e. The molecule has 1 unspecified atom stereocenters. The Bertz CT molecular complexity index is 1020. The normalized spacial score (nSPS) is 25.9. The van der Waals surface area contributed by atoms with E-state index in [1.54, 1.807) is 17.2 Å². The Kier molecular flexibility index (Phi) is 5.71. The zero-order valence-corrected chi connectivity index (χ0v) is 18.4. The number of carbonyl (C=O) groups excluding carboxylic acids is 1. The zero-order valence-electron chi connectivity index (χ0n) is 18.4. The molecule has 0 radical (unpaired) electrons. The first-order valence-electron chi connectivity index (χ1n) is 11.4. The Morgan fingerprint density at radius 2 is 1.88 bits per heavy atom. The number of rotatable bonds is 5. The largest absolute Gasteiger partial charge is 0.354 e. The first kappa shape index (κ1) is 21.1. The maximum atomic E-state index is 12.6. The van der Waals surface area contributed by atoms with Crippen molar-refractivity contribution in [3.05, 3.63) is 52.6 Å². The number of fused-ring (bicyclic) bond motifs is 1. The van der Waals surface area contributed by atoms with Gasteiger partial charge in [-0.25, -0.2) is 9.59 Å². The van der Waals surface area contributed by atoms with Crippen LogP contribution in [0.25, 0.3) is 5.69 Å². The molecule has 2 saturated heterocycles. The van der Waals surface area contributed by atoms with Gasteiger partial charge >= 0.3 is 11.7 Å². The van der Waals surface area contributed by atoms with Crippen molar-refractivity contribution in [2.24, 2.45) is 17.6 Å². The summed E-state index contributed by atoms with van der Waals surface area (Å²) in [6, 6.07) is 9.91. The van der Waals surface area contributed by atoms with Crippen LogP contribution in [0.5, 0.6) is 0 Å². The molecule has 170 valence electrons. The van der Waals surface area contributed by atoms with Crippen molar-refractivity contribution in [2.75, 3.05) is 51.1 Å². The Balaban J connectivity index is 1.21. The fourth-order valence-corrected chi connectivity index (χ4v) is 4.99. The molecule has 3 fully saturated rings. The van der Waals surface area contributed by atoms with Gasteiger partial charge in [0, 0.05) is 58.1 Å². The van der Waals surface area contributed by atoms with E-state index in [9.17, 15) is 9.59 Å². The van der Waals surface area contributed by atoms with Crippen LogP contribution >= 0.6 is 0 Å². The highest BCUT2D eigenvalue weighted by Crippen LogP contribution is 2.44. The summed E-state index contributed by atoms with van der Waals surface area (Å²) in [5.74, 6) is 2.08. The van der Waals surface area contributed by atoms with Crippen molar-refractivity contribution in [1.29, 1.82) is 0 Å². The Labute approximate surface area is 187 Å². The lowest BCUT2D eigenvalue weighted by Gasteiger charge is -2.27. The fourth-order valence-electron chi connectivity index (χ4n) is 4.99. The molecule has 1 aromatic carbocycles. The van der Waals surface area contributed by atoms with Crippen LogP contribution < -0.4 is 22.1 Å². The molecule has 5 rings (SSSR count). The zero-order chi connectivity index (χ0) is 22.2. The molecule has 3 aliphatic rings. The molecule has 0 bridgehead atoms. The lowest BCUT2D eigenvalue weighted by molar-refractivity contribution is 0.204. The molecule has 1 aromatic heterocycles. The van der Waals surface area contributed by atoms with Crippen molar-refractivity contribution < 1.29 is 4.79 Å². The lowest BCUT2D eigenvalue weighted by atomic mass is 10.00. The van der Waals surface area contributed by atoms with Crippen molar-refractivity contribution in [3.8, 4) is 5.69 Å². The summed E-state index contributed by atoms with van der Waals surface area (Å²) in [5, 5.41) is 5.92. The molecular weight excluding hydrogens is 406 g/mol. The van der Waals surface area contributed by atoms with Gasteiger partial charge in [-0.3, -0.25) is 9.88 Å². The van der Waals surface area contributed by atoms with E-state index in [-0.39, 0.29) is 11.8 Å². The number of amides is 2. The van der Waals surface area contributed by atoms with Gasteiger partial charge in [-0.15, -0.1) is 0 Å². The molecule has 32 heavy (non-hydrogen) atoms. The number of anilines is 1. The minimum atomic E-state index is -0.420. The molecule has 2 amide bonds. The molecule has 4 atom stereocenters. The van der Waals surface area contributed by atoms with Gasteiger partial charge < -0.3 is 20.9 Å². The number of benzene rings is 1. The summed E-state index contributed by atoms with van der Waals surface area (Å²) in [5.41, 5.74) is 7.63. The molecule has 0 spiro atoms. The van der Waals surface area contributed by atoms with Gasteiger partial charge in [-0.2, -0.15) is 4.98 Å². The molecule has 4 N–H and O–H groups in total.